The molecule has 0 aromatic heterocycles. The highest BCUT2D eigenvalue weighted by atomic mass is 35.5. The van der Waals surface area contributed by atoms with E-state index in [4.69, 9.17) is 16.3 Å². The molecule has 0 atom stereocenters. The summed E-state index contributed by atoms with van der Waals surface area (Å²) in [5.41, 5.74) is 2.30. The highest BCUT2D eigenvalue weighted by Crippen LogP contribution is 2.16. The largest absolute Gasteiger partial charge is 0.496 e. The lowest BCUT2D eigenvalue weighted by Crippen LogP contribution is -2.43. The molecule has 24 heavy (non-hydrogen) atoms. The van der Waals surface area contributed by atoms with Crippen molar-refractivity contribution < 1.29 is 4.74 Å². The first kappa shape index (κ1) is 16.8. The monoisotopic (exact) mass is 343 g/mol. The van der Waals surface area contributed by atoms with Gasteiger partial charge in [0.25, 0.3) is 0 Å². The van der Waals surface area contributed by atoms with Crippen LogP contribution in [-0.4, -0.2) is 49.4 Å². The van der Waals surface area contributed by atoms with E-state index in [1.807, 2.05) is 42.6 Å². The summed E-state index contributed by atoms with van der Waals surface area (Å²) in [6.07, 6.45) is 1.88. The number of nitrogens with zero attached hydrogens (tertiary/aromatic N) is 3. The van der Waals surface area contributed by atoms with Crippen molar-refractivity contribution in [2.45, 2.75) is 6.54 Å². The Morgan fingerprint density at radius 1 is 1.04 bits per heavy atom. The summed E-state index contributed by atoms with van der Waals surface area (Å²) in [6.45, 7) is 4.83. The maximum absolute atomic E-state index is 5.94. The van der Waals surface area contributed by atoms with Crippen molar-refractivity contribution in [1.29, 1.82) is 0 Å². The van der Waals surface area contributed by atoms with E-state index in [0.717, 1.165) is 49.1 Å². The normalized spacial score (nSPS) is 15.8. The van der Waals surface area contributed by atoms with Crippen molar-refractivity contribution >= 4 is 17.8 Å². The standard InChI is InChI=1S/C19H22ClN3O/c1-24-19-5-3-2-4-17(19)14-21-23-12-10-22(11-13-23)15-16-6-8-18(20)9-7-16/h2-9,14H,10-13,15H2,1H3/b21-14-. The van der Waals surface area contributed by atoms with Gasteiger partial charge in [0.05, 0.1) is 13.3 Å². The molecule has 0 bridgehead atoms. The smallest absolute Gasteiger partial charge is 0.127 e. The van der Waals surface area contributed by atoms with Gasteiger partial charge < -0.3 is 4.74 Å². The second kappa shape index (κ2) is 8.18. The average Bonchev–Trinajstić information content (AvgIpc) is 2.63. The van der Waals surface area contributed by atoms with Crippen LogP contribution in [0.2, 0.25) is 5.02 Å². The van der Waals surface area contributed by atoms with Crippen LogP contribution in [0.3, 0.4) is 0 Å². The molecule has 1 heterocycles. The van der Waals surface area contributed by atoms with Crippen LogP contribution in [0.1, 0.15) is 11.1 Å². The lowest BCUT2D eigenvalue weighted by molar-refractivity contribution is 0.131. The van der Waals surface area contributed by atoms with E-state index in [-0.39, 0.29) is 0 Å². The minimum Gasteiger partial charge on any atom is -0.496 e. The third kappa shape index (κ3) is 4.49. The fourth-order valence-electron chi connectivity index (χ4n) is 2.78. The van der Waals surface area contributed by atoms with Crippen molar-refractivity contribution in [3.05, 3.63) is 64.7 Å². The molecule has 1 saturated heterocycles. The van der Waals surface area contributed by atoms with Crippen LogP contribution in [0, 0.1) is 0 Å². The summed E-state index contributed by atoms with van der Waals surface area (Å²) >= 11 is 5.94. The molecule has 3 rings (SSSR count). The fraction of sp³-hybridized carbons (Fsp3) is 0.316. The number of hydrogen-bond acceptors (Lipinski definition) is 4. The van der Waals surface area contributed by atoms with E-state index < -0.39 is 0 Å². The predicted molar refractivity (Wildman–Crippen MR) is 98.9 cm³/mol. The molecule has 2 aromatic carbocycles. The van der Waals surface area contributed by atoms with Crippen LogP contribution in [0.5, 0.6) is 5.75 Å². The molecule has 1 aliphatic rings. The van der Waals surface area contributed by atoms with Gasteiger partial charge >= 0.3 is 0 Å². The van der Waals surface area contributed by atoms with Crippen LogP contribution in [0.4, 0.5) is 0 Å². The Morgan fingerprint density at radius 3 is 2.46 bits per heavy atom. The van der Waals surface area contributed by atoms with Crippen molar-refractivity contribution in [3.63, 3.8) is 0 Å². The molecule has 2 aromatic rings. The quantitative estimate of drug-likeness (QED) is 0.778. The first-order chi connectivity index (χ1) is 11.7. The molecule has 5 heteroatoms. The zero-order valence-electron chi connectivity index (χ0n) is 13.9. The van der Waals surface area contributed by atoms with E-state index in [1.54, 1.807) is 7.11 Å². The second-order valence-electron chi connectivity index (χ2n) is 5.84. The minimum absolute atomic E-state index is 0.786. The van der Waals surface area contributed by atoms with Crippen LogP contribution in [0.15, 0.2) is 53.6 Å². The number of methoxy groups -OCH3 is 1. The molecular weight excluding hydrogens is 322 g/mol. The van der Waals surface area contributed by atoms with E-state index in [2.05, 4.69) is 27.1 Å². The summed E-state index contributed by atoms with van der Waals surface area (Å²) in [5, 5.41) is 7.50. The van der Waals surface area contributed by atoms with E-state index >= 15 is 0 Å². The highest BCUT2D eigenvalue weighted by Gasteiger charge is 2.15. The van der Waals surface area contributed by atoms with Gasteiger partial charge in [0.15, 0.2) is 0 Å². The first-order valence-corrected chi connectivity index (χ1v) is 8.51. The number of piperazine rings is 1. The molecule has 0 amide bonds. The molecule has 0 spiro atoms. The molecule has 126 valence electrons. The Hall–Kier alpha value is -2.04. The van der Waals surface area contributed by atoms with Gasteiger partial charge in [-0.2, -0.15) is 5.10 Å². The number of benzene rings is 2. The van der Waals surface area contributed by atoms with Gasteiger partial charge in [-0.1, -0.05) is 35.9 Å². The number of hydrogen-bond donors (Lipinski definition) is 0. The van der Waals surface area contributed by atoms with Gasteiger partial charge in [0, 0.05) is 43.3 Å². The Labute approximate surface area is 148 Å². The summed E-state index contributed by atoms with van der Waals surface area (Å²) in [7, 11) is 1.68. The van der Waals surface area contributed by atoms with Crippen LogP contribution >= 0.6 is 11.6 Å². The Morgan fingerprint density at radius 2 is 1.75 bits per heavy atom. The van der Waals surface area contributed by atoms with E-state index in [1.165, 1.54) is 5.56 Å². The zero-order valence-corrected chi connectivity index (χ0v) is 14.6. The summed E-state index contributed by atoms with van der Waals surface area (Å²) in [5.74, 6) is 0.850. The van der Waals surface area contributed by atoms with Gasteiger partial charge in [0.1, 0.15) is 5.75 Å². The van der Waals surface area contributed by atoms with Crippen molar-refractivity contribution in [3.8, 4) is 5.75 Å². The minimum atomic E-state index is 0.786. The lowest BCUT2D eigenvalue weighted by atomic mass is 10.2. The summed E-state index contributed by atoms with van der Waals surface area (Å²) in [4.78, 5) is 2.44. The molecule has 4 nitrogen and oxygen atoms in total. The van der Waals surface area contributed by atoms with Gasteiger partial charge in [0.2, 0.25) is 0 Å². The second-order valence-corrected chi connectivity index (χ2v) is 6.28. The number of rotatable bonds is 5. The maximum Gasteiger partial charge on any atom is 0.127 e. The Kier molecular flexibility index (Phi) is 5.72. The van der Waals surface area contributed by atoms with Crippen LogP contribution < -0.4 is 4.74 Å². The maximum atomic E-state index is 5.94. The number of halogens is 1. The lowest BCUT2D eigenvalue weighted by Gasteiger charge is -2.33. The van der Waals surface area contributed by atoms with Gasteiger partial charge in [-0.05, 0) is 29.8 Å². The Balaban J connectivity index is 1.51. The molecule has 0 aliphatic carbocycles. The van der Waals surface area contributed by atoms with Crippen LogP contribution in [-0.2, 0) is 6.54 Å². The van der Waals surface area contributed by atoms with Crippen LogP contribution in [0.25, 0.3) is 0 Å². The first-order valence-electron chi connectivity index (χ1n) is 8.13. The molecule has 0 radical (unpaired) electrons. The predicted octanol–water partition coefficient (Wildman–Crippen LogP) is 3.50. The van der Waals surface area contributed by atoms with Gasteiger partial charge in [-0.15, -0.1) is 0 Å². The molecule has 0 saturated carbocycles. The third-order valence-corrected chi connectivity index (χ3v) is 4.42. The number of ether oxygens (including phenoxy) is 1. The highest BCUT2D eigenvalue weighted by molar-refractivity contribution is 6.30. The third-order valence-electron chi connectivity index (χ3n) is 4.17. The van der Waals surface area contributed by atoms with Gasteiger partial charge in [-0.25, -0.2) is 0 Å². The molecule has 0 N–H and O–H groups in total. The Bertz CT molecular complexity index is 679. The van der Waals surface area contributed by atoms with Gasteiger partial charge in [-0.3, -0.25) is 9.91 Å². The molecular formula is C19H22ClN3O. The zero-order chi connectivity index (χ0) is 16.8. The van der Waals surface area contributed by atoms with Crippen molar-refractivity contribution in [2.24, 2.45) is 5.10 Å². The fourth-order valence-corrected chi connectivity index (χ4v) is 2.90. The topological polar surface area (TPSA) is 28.1 Å². The van der Waals surface area contributed by atoms with E-state index in [9.17, 15) is 0 Å². The average molecular weight is 344 g/mol. The summed E-state index contributed by atoms with van der Waals surface area (Å²) < 4.78 is 5.35. The molecule has 0 unspecified atom stereocenters. The van der Waals surface area contributed by atoms with E-state index in [0.29, 0.717) is 0 Å². The van der Waals surface area contributed by atoms with Crippen molar-refractivity contribution in [1.82, 2.24) is 9.91 Å². The SMILES string of the molecule is COc1ccccc1/C=N\N1CCN(Cc2ccc(Cl)cc2)CC1. The number of para-hydroxylation sites is 1. The number of hydrazone groups is 1. The molecule has 1 fully saturated rings. The van der Waals surface area contributed by atoms with Crippen molar-refractivity contribution in [2.75, 3.05) is 33.3 Å². The summed E-state index contributed by atoms with van der Waals surface area (Å²) in [6, 6.07) is 16.0. The molecule has 1 aliphatic heterocycles.